The van der Waals surface area contributed by atoms with E-state index in [0.717, 1.165) is 0 Å². The number of nitriles is 1. The summed E-state index contributed by atoms with van der Waals surface area (Å²) < 4.78 is 0. The SMILES string of the molecule is N#CCCNC(=O)CNCCO. The molecule has 0 saturated carbocycles. The van der Waals surface area contributed by atoms with Crippen molar-refractivity contribution in [2.24, 2.45) is 0 Å². The summed E-state index contributed by atoms with van der Waals surface area (Å²) in [4.78, 5) is 10.8. The summed E-state index contributed by atoms with van der Waals surface area (Å²) in [5, 5.41) is 21.8. The molecule has 1 amide bonds. The Morgan fingerprint density at radius 3 is 2.83 bits per heavy atom. The lowest BCUT2D eigenvalue weighted by atomic mass is 10.4. The molecule has 0 aromatic heterocycles. The van der Waals surface area contributed by atoms with Crippen LogP contribution in [0.1, 0.15) is 6.42 Å². The molecule has 0 unspecified atom stereocenters. The molecule has 0 aromatic rings. The Morgan fingerprint density at radius 2 is 2.25 bits per heavy atom. The number of nitrogens with one attached hydrogen (secondary N) is 2. The van der Waals surface area contributed by atoms with E-state index in [4.69, 9.17) is 10.4 Å². The zero-order valence-electron chi connectivity index (χ0n) is 6.84. The van der Waals surface area contributed by atoms with Gasteiger partial charge >= 0.3 is 0 Å². The van der Waals surface area contributed by atoms with Gasteiger partial charge in [-0.2, -0.15) is 5.26 Å². The summed E-state index contributed by atoms with van der Waals surface area (Å²) in [7, 11) is 0. The number of aliphatic hydroxyl groups is 1. The first-order chi connectivity index (χ1) is 5.81. The largest absolute Gasteiger partial charge is 0.395 e. The third-order valence-corrected chi connectivity index (χ3v) is 1.13. The molecule has 5 heteroatoms. The van der Waals surface area contributed by atoms with Crippen LogP contribution in [0.25, 0.3) is 0 Å². The maximum absolute atomic E-state index is 10.8. The topological polar surface area (TPSA) is 85.2 Å². The lowest BCUT2D eigenvalue weighted by molar-refractivity contribution is -0.120. The van der Waals surface area contributed by atoms with Crippen molar-refractivity contribution >= 4 is 5.91 Å². The van der Waals surface area contributed by atoms with Gasteiger partial charge in [0, 0.05) is 13.1 Å². The van der Waals surface area contributed by atoms with Crippen LogP contribution in [0.2, 0.25) is 0 Å². The second kappa shape index (κ2) is 7.98. The molecule has 0 spiro atoms. The van der Waals surface area contributed by atoms with Gasteiger partial charge in [-0.15, -0.1) is 0 Å². The van der Waals surface area contributed by atoms with Crippen molar-refractivity contribution in [1.82, 2.24) is 10.6 Å². The number of aliphatic hydroxyl groups excluding tert-OH is 1. The quantitative estimate of drug-likeness (QED) is 0.429. The Morgan fingerprint density at radius 1 is 1.50 bits per heavy atom. The molecule has 0 bridgehead atoms. The molecule has 0 aliphatic carbocycles. The molecule has 3 N–H and O–H groups in total. The highest BCUT2D eigenvalue weighted by Crippen LogP contribution is 1.70. The molecule has 0 atom stereocenters. The molecule has 0 heterocycles. The first-order valence-electron chi connectivity index (χ1n) is 3.76. The molecule has 0 saturated heterocycles. The predicted molar refractivity (Wildman–Crippen MR) is 43.2 cm³/mol. The fourth-order valence-electron chi connectivity index (χ4n) is 0.601. The summed E-state index contributed by atoms with van der Waals surface area (Å²) in [5.74, 6) is -0.154. The van der Waals surface area contributed by atoms with E-state index in [1.807, 2.05) is 6.07 Å². The van der Waals surface area contributed by atoms with Gasteiger partial charge in [-0.3, -0.25) is 4.79 Å². The van der Waals surface area contributed by atoms with Crippen LogP contribution in [0, 0.1) is 11.3 Å². The fourth-order valence-corrected chi connectivity index (χ4v) is 0.601. The first-order valence-corrected chi connectivity index (χ1v) is 3.76. The summed E-state index contributed by atoms with van der Waals surface area (Å²) >= 11 is 0. The van der Waals surface area contributed by atoms with Crippen LogP contribution in [0.5, 0.6) is 0 Å². The van der Waals surface area contributed by atoms with E-state index in [2.05, 4.69) is 10.6 Å². The maximum Gasteiger partial charge on any atom is 0.233 e. The summed E-state index contributed by atoms with van der Waals surface area (Å²) in [6, 6.07) is 1.92. The number of carbonyl (C=O) groups is 1. The number of carbonyl (C=O) groups excluding carboxylic acids is 1. The molecular formula is C7H13N3O2. The van der Waals surface area contributed by atoms with Gasteiger partial charge in [-0.25, -0.2) is 0 Å². The van der Waals surface area contributed by atoms with Gasteiger partial charge in [-0.05, 0) is 0 Å². The van der Waals surface area contributed by atoms with Gasteiger partial charge in [0.15, 0.2) is 0 Å². The van der Waals surface area contributed by atoms with Gasteiger partial charge in [-0.1, -0.05) is 0 Å². The van der Waals surface area contributed by atoms with Crippen molar-refractivity contribution in [2.75, 3.05) is 26.2 Å². The van der Waals surface area contributed by atoms with Crippen LogP contribution in [0.15, 0.2) is 0 Å². The number of nitrogens with zero attached hydrogens (tertiary/aromatic N) is 1. The van der Waals surface area contributed by atoms with Gasteiger partial charge in [0.05, 0.1) is 25.6 Å². The van der Waals surface area contributed by atoms with Crippen molar-refractivity contribution in [3.05, 3.63) is 0 Å². The van der Waals surface area contributed by atoms with E-state index in [1.165, 1.54) is 0 Å². The van der Waals surface area contributed by atoms with Crippen LogP contribution in [-0.4, -0.2) is 37.3 Å². The fraction of sp³-hybridized carbons (Fsp3) is 0.714. The number of amides is 1. The third-order valence-electron chi connectivity index (χ3n) is 1.13. The van der Waals surface area contributed by atoms with Crippen LogP contribution >= 0.6 is 0 Å². The first kappa shape index (κ1) is 10.9. The van der Waals surface area contributed by atoms with E-state index >= 15 is 0 Å². The monoisotopic (exact) mass is 171 g/mol. The van der Waals surface area contributed by atoms with Gasteiger partial charge < -0.3 is 15.7 Å². The molecule has 0 rings (SSSR count). The van der Waals surface area contributed by atoms with Crippen LogP contribution in [-0.2, 0) is 4.79 Å². The minimum absolute atomic E-state index is 0.0193. The summed E-state index contributed by atoms with van der Waals surface area (Å²) in [5.41, 5.74) is 0. The Labute approximate surface area is 71.4 Å². The van der Waals surface area contributed by atoms with Gasteiger partial charge in [0.1, 0.15) is 0 Å². The minimum atomic E-state index is -0.154. The van der Waals surface area contributed by atoms with E-state index in [-0.39, 0.29) is 19.1 Å². The van der Waals surface area contributed by atoms with Crippen molar-refractivity contribution in [3.63, 3.8) is 0 Å². The Kier molecular flexibility index (Phi) is 7.24. The second-order valence-electron chi connectivity index (χ2n) is 2.16. The normalized spacial score (nSPS) is 9.00. The highest BCUT2D eigenvalue weighted by Gasteiger charge is 1.97. The van der Waals surface area contributed by atoms with Crippen molar-refractivity contribution in [3.8, 4) is 6.07 Å². The van der Waals surface area contributed by atoms with E-state index in [9.17, 15) is 4.79 Å². The van der Waals surface area contributed by atoms with E-state index in [0.29, 0.717) is 19.5 Å². The Bertz CT molecular complexity index is 165. The number of hydrogen-bond acceptors (Lipinski definition) is 4. The van der Waals surface area contributed by atoms with Crippen LogP contribution in [0.3, 0.4) is 0 Å². The molecule has 0 aliphatic heterocycles. The summed E-state index contributed by atoms with van der Waals surface area (Å²) in [6.45, 7) is 0.999. The van der Waals surface area contributed by atoms with E-state index < -0.39 is 0 Å². The Hall–Kier alpha value is -1.12. The van der Waals surface area contributed by atoms with Crippen LogP contribution in [0.4, 0.5) is 0 Å². The number of rotatable bonds is 6. The predicted octanol–water partition coefficient (Wildman–Crippen LogP) is -1.40. The van der Waals surface area contributed by atoms with Crippen molar-refractivity contribution < 1.29 is 9.90 Å². The average Bonchev–Trinajstić information content (AvgIpc) is 2.06. The standard InChI is InChI=1S/C7H13N3O2/c8-2-1-3-10-7(12)6-9-4-5-11/h9,11H,1,3-6H2,(H,10,12). The Balaban J connectivity index is 3.17. The molecular weight excluding hydrogens is 158 g/mol. The highest BCUT2D eigenvalue weighted by atomic mass is 16.3. The number of hydrogen-bond donors (Lipinski definition) is 3. The van der Waals surface area contributed by atoms with Gasteiger partial charge in [0.25, 0.3) is 0 Å². The van der Waals surface area contributed by atoms with Gasteiger partial charge in [0.2, 0.25) is 5.91 Å². The van der Waals surface area contributed by atoms with Crippen molar-refractivity contribution in [2.45, 2.75) is 6.42 Å². The molecule has 12 heavy (non-hydrogen) atoms. The minimum Gasteiger partial charge on any atom is -0.395 e. The molecule has 0 radical (unpaired) electrons. The molecule has 0 fully saturated rings. The zero-order valence-corrected chi connectivity index (χ0v) is 6.84. The molecule has 68 valence electrons. The third kappa shape index (κ3) is 6.99. The van der Waals surface area contributed by atoms with E-state index in [1.54, 1.807) is 0 Å². The molecule has 0 aromatic carbocycles. The van der Waals surface area contributed by atoms with Crippen molar-refractivity contribution in [1.29, 1.82) is 5.26 Å². The lowest BCUT2D eigenvalue weighted by Crippen LogP contribution is -2.35. The maximum atomic E-state index is 10.8. The second-order valence-corrected chi connectivity index (χ2v) is 2.16. The smallest absolute Gasteiger partial charge is 0.233 e. The molecule has 0 aliphatic rings. The lowest BCUT2D eigenvalue weighted by Gasteiger charge is -2.02. The summed E-state index contributed by atoms with van der Waals surface area (Å²) in [6.07, 6.45) is 0.325. The zero-order chi connectivity index (χ0) is 9.23. The highest BCUT2D eigenvalue weighted by molar-refractivity contribution is 5.77. The average molecular weight is 171 g/mol. The molecule has 5 nitrogen and oxygen atoms in total. The van der Waals surface area contributed by atoms with Crippen LogP contribution < -0.4 is 10.6 Å².